The number of likely N-dealkylation sites (tertiary alicyclic amines) is 1. The molecule has 0 spiro atoms. The summed E-state index contributed by atoms with van der Waals surface area (Å²) in [5.74, 6) is -0.919. The van der Waals surface area contributed by atoms with Gasteiger partial charge >= 0.3 is 6.03 Å². The van der Waals surface area contributed by atoms with Gasteiger partial charge in [0.05, 0.1) is 6.04 Å². The number of carbonyl (C=O) groups is 1. The van der Waals surface area contributed by atoms with Crippen LogP contribution in [0.2, 0.25) is 0 Å². The van der Waals surface area contributed by atoms with Gasteiger partial charge in [0.1, 0.15) is 5.52 Å². The van der Waals surface area contributed by atoms with Crippen molar-refractivity contribution in [3.63, 3.8) is 0 Å². The Kier molecular flexibility index (Phi) is 4.98. The Labute approximate surface area is 161 Å². The van der Waals surface area contributed by atoms with Crippen LogP contribution in [0.15, 0.2) is 46.9 Å². The molecule has 3 aromatic rings. The summed E-state index contributed by atoms with van der Waals surface area (Å²) in [7, 11) is 0. The summed E-state index contributed by atoms with van der Waals surface area (Å²) in [6.45, 7) is 2.91. The van der Waals surface area contributed by atoms with Gasteiger partial charge in [-0.3, -0.25) is 0 Å². The van der Waals surface area contributed by atoms with Gasteiger partial charge in [0.2, 0.25) is 0 Å². The fourth-order valence-corrected chi connectivity index (χ4v) is 3.54. The minimum absolute atomic E-state index is 0.181. The Morgan fingerprint density at radius 2 is 1.93 bits per heavy atom. The number of aromatic nitrogens is 1. The van der Waals surface area contributed by atoms with Gasteiger partial charge in [-0.1, -0.05) is 18.2 Å². The standard InChI is InChI=1S/C21H21F2N3O2/c1-13(15-6-7-16(22)17(23)12-15)24-21(27)26-10-8-14(9-11-26)20-25-18-4-2-3-5-19(18)28-20/h2-7,12-14H,8-11H2,1H3,(H,24,27). The topological polar surface area (TPSA) is 58.4 Å². The molecule has 1 aromatic heterocycles. The van der Waals surface area contributed by atoms with E-state index >= 15 is 0 Å². The lowest BCUT2D eigenvalue weighted by Crippen LogP contribution is -2.44. The monoisotopic (exact) mass is 385 g/mol. The second-order valence-corrected chi connectivity index (χ2v) is 7.13. The third-order valence-corrected chi connectivity index (χ3v) is 5.23. The van der Waals surface area contributed by atoms with Gasteiger partial charge in [-0.2, -0.15) is 0 Å². The number of benzene rings is 2. The van der Waals surface area contributed by atoms with Crippen LogP contribution < -0.4 is 5.32 Å². The fraction of sp³-hybridized carbons (Fsp3) is 0.333. The molecule has 0 aliphatic carbocycles. The van der Waals surface area contributed by atoms with Gasteiger partial charge in [-0.15, -0.1) is 0 Å². The number of urea groups is 1. The smallest absolute Gasteiger partial charge is 0.317 e. The van der Waals surface area contributed by atoms with Crippen molar-refractivity contribution < 1.29 is 18.0 Å². The van der Waals surface area contributed by atoms with Crippen LogP contribution in [0.3, 0.4) is 0 Å². The number of nitrogens with zero attached hydrogens (tertiary/aromatic N) is 2. The number of para-hydroxylation sites is 2. The maximum absolute atomic E-state index is 13.4. The van der Waals surface area contributed by atoms with Gasteiger partial charge < -0.3 is 14.6 Å². The van der Waals surface area contributed by atoms with Crippen molar-refractivity contribution in [3.05, 3.63) is 65.6 Å². The molecular weight excluding hydrogens is 364 g/mol. The molecule has 1 aliphatic rings. The van der Waals surface area contributed by atoms with E-state index in [2.05, 4.69) is 10.3 Å². The summed E-state index contributed by atoms with van der Waals surface area (Å²) in [6.07, 6.45) is 1.53. The summed E-state index contributed by atoms with van der Waals surface area (Å²) in [6, 6.07) is 10.7. The van der Waals surface area contributed by atoms with Crippen LogP contribution >= 0.6 is 0 Å². The molecule has 7 heteroatoms. The van der Waals surface area contributed by atoms with Gasteiger partial charge in [0.25, 0.3) is 0 Å². The van der Waals surface area contributed by atoms with Crippen molar-refractivity contribution in [2.75, 3.05) is 13.1 Å². The molecule has 1 fully saturated rings. The predicted octanol–water partition coefficient (Wildman–Crippen LogP) is 4.76. The Morgan fingerprint density at radius 1 is 1.18 bits per heavy atom. The van der Waals surface area contributed by atoms with Crippen LogP contribution in [0.4, 0.5) is 13.6 Å². The Hall–Kier alpha value is -2.96. The summed E-state index contributed by atoms with van der Waals surface area (Å²) in [5.41, 5.74) is 2.14. The number of hydrogen-bond donors (Lipinski definition) is 1. The molecule has 0 bridgehead atoms. The SMILES string of the molecule is CC(NC(=O)N1CCC(c2nc3ccccc3o2)CC1)c1ccc(F)c(F)c1. The fourth-order valence-electron chi connectivity index (χ4n) is 3.54. The number of rotatable bonds is 3. The minimum atomic E-state index is -0.919. The zero-order chi connectivity index (χ0) is 19.7. The van der Waals surface area contributed by atoms with Gasteiger partial charge in [-0.05, 0) is 49.6 Å². The minimum Gasteiger partial charge on any atom is -0.440 e. The molecule has 0 radical (unpaired) electrons. The molecule has 0 saturated carbocycles. The lowest BCUT2D eigenvalue weighted by atomic mass is 9.97. The van der Waals surface area contributed by atoms with Crippen LogP contribution in [-0.4, -0.2) is 29.0 Å². The van der Waals surface area contributed by atoms with Crippen molar-refractivity contribution >= 4 is 17.1 Å². The van der Waals surface area contributed by atoms with Crippen LogP contribution in [-0.2, 0) is 0 Å². The Bertz CT molecular complexity index is 963. The summed E-state index contributed by atoms with van der Waals surface area (Å²) < 4.78 is 32.3. The highest BCUT2D eigenvalue weighted by molar-refractivity contribution is 5.75. The maximum Gasteiger partial charge on any atom is 0.317 e. The molecule has 28 heavy (non-hydrogen) atoms. The van der Waals surface area contributed by atoms with Gasteiger partial charge in [0, 0.05) is 19.0 Å². The van der Waals surface area contributed by atoms with E-state index in [1.165, 1.54) is 6.07 Å². The van der Waals surface area contributed by atoms with Crippen molar-refractivity contribution in [2.45, 2.75) is 31.7 Å². The quantitative estimate of drug-likeness (QED) is 0.707. The molecule has 1 unspecified atom stereocenters. The molecular formula is C21H21F2N3O2. The highest BCUT2D eigenvalue weighted by Crippen LogP contribution is 2.30. The first-order chi connectivity index (χ1) is 13.5. The lowest BCUT2D eigenvalue weighted by molar-refractivity contribution is 0.174. The van der Waals surface area contributed by atoms with Crippen LogP contribution in [0.25, 0.3) is 11.1 Å². The Morgan fingerprint density at radius 3 is 2.64 bits per heavy atom. The van der Waals surface area contributed by atoms with E-state index in [4.69, 9.17) is 4.42 Å². The molecule has 4 rings (SSSR count). The molecule has 1 N–H and O–H groups in total. The second kappa shape index (κ2) is 7.58. The zero-order valence-electron chi connectivity index (χ0n) is 15.5. The van der Waals surface area contributed by atoms with Crippen LogP contribution in [0, 0.1) is 11.6 Å². The maximum atomic E-state index is 13.4. The molecule has 1 aliphatic heterocycles. The lowest BCUT2D eigenvalue weighted by Gasteiger charge is -2.31. The van der Waals surface area contributed by atoms with Gasteiger partial charge in [0.15, 0.2) is 23.1 Å². The van der Waals surface area contributed by atoms with E-state index in [1.807, 2.05) is 24.3 Å². The predicted molar refractivity (Wildman–Crippen MR) is 101 cm³/mol. The number of hydrogen-bond acceptors (Lipinski definition) is 3. The first kappa shape index (κ1) is 18.4. The molecule has 2 heterocycles. The van der Waals surface area contributed by atoms with Crippen molar-refractivity contribution in [1.29, 1.82) is 0 Å². The number of fused-ring (bicyclic) bond motifs is 1. The largest absolute Gasteiger partial charge is 0.440 e. The van der Waals surface area contributed by atoms with E-state index in [1.54, 1.807) is 11.8 Å². The van der Waals surface area contributed by atoms with E-state index in [9.17, 15) is 13.6 Å². The van der Waals surface area contributed by atoms with Crippen LogP contribution in [0.1, 0.15) is 43.2 Å². The molecule has 2 aromatic carbocycles. The summed E-state index contributed by atoms with van der Waals surface area (Å²) in [4.78, 5) is 18.8. The number of nitrogens with one attached hydrogen (secondary N) is 1. The number of halogens is 2. The van der Waals surface area contributed by atoms with E-state index < -0.39 is 17.7 Å². The van der Waals surface area contributed by atoms with Crippen LogP contribution in [0.5, 0.6) is 0 Å². The molecule has 5 nitrogen and oxygen atoms in total. The van der Waals surface area contributed by atoms with Crippen molar-refractivity contribution in [2.24, 2.45) is 0 Å². The molecule has 1 atom stereocenters. The third-order valence-electron chi connectivity index (χ3n) is 5.23. The molecule has 1 saturated heterocycles. The zero-order valence-corrected chi connectivity index (χ0v) is 15.5. The first-order valence-corrected chi connectivity index (χ1v) is 9.37. The highest BCUT2D eigenvalue weighted by atomic mass is 19.2. The third kappa shape index (κ3) is 3.69. The van der Waals surface area contributed by atoms with E-state index in [-0.39, 0.29) is 11.9 Å². The Balaban J connectivity index is 1.35. The second-order valence-electron chi connectivity index (χ2n) is 7.13. The average Bonchev–Trinajstić information content (AvgIpc) is 3.14. The average molecular weight is 385 g/mol. The van der Waals surface area contributed by atoms with Crippen molar-refractivity contribution in [1.82, 2.24) is 15.2 Å². The summed E-state index contributed by atoms with van der Waals surface area (Å²) in [5, 5.41) is 2.85. The number of oxazole rings is 1. The number of piperidine rings is 1. The number of carbonyl (C=O) groups excluding carboxylic acids is 1. The molecule has 2 amide bonds. The van der Waals surface area contributed by atoms with E-state index in [0.717, 1.165) is 42.0 Å². The normalized spacial score (nSPS) is 16.3. The van der Waals surface area contributed by atoms with Crippen molar-refractivity contribution in [3.8, 4) is 0 Å². The number of amides is 2. The summed E-state index contributed by atoms with van der Waals surface area (Å²) >= 11 is 0. The van der Waals surface area contributed by atoms with E-state index in [0.29, 0.717) is 18.7 Å². The first-order valence-electron chi connectivity index (χ1n) is 9.37. The van der Waals surface area contributed by atoms with Gasteiger partial charge in [-0.25, -0.2) is 18.6 Å². The highest BCUT2D eigenvalue weighted by Gasteiger charge is 2.27. The molecule has 146 valence electrons.